The Kier molecular flexibility index (Phi) is 3.15. The van der Waals surface area contributed by atoms with Crippen molar-refractivity contribution in [1.82, 2.24) is 4.98 Å². The highest BCUT2D eigenvalue weighted by Crippen LogP contribution is 2.30. The van der Waals surface area contributed by atoms with Gasteiger partial charge in [0.2, 0.25) is 0 Å². The Hall–Kier alpha value is -2.73. The molecule has 0 unspecified atom stereocenters. The maximum atomic E-state index is 12.3. The Labute approximate surface area is 145 Å². The topological polar surface area (TPSA) is 73.3 Å². The number of nitrogens with zero attached hydrogens (tertiary/aromatic N) is 1. The van der Waals surface area contributed by atoms with Crippen LogP contribution in [0.5, 0.6) is 0 Å². The lowest BCUT2D eigenvalue weighted by molar-refractivity contribution is 0.530. The minimum atomic E-state index is -0.491. The lowest BCUT2D eigenvalue weighted by Gasteiger charge is -2.16. The molecular formula is C19H13NO4S. The van der Waals surface area contributed by atoms with Crippen LogP contribution in [0.25, 0.3) is 32.6 Å². The van der Waals surface area contributed by atoms with Gasteiger partial charge < -0.3 is 8.83 Å². The third kappa shape index (κ3) is 2.25. The highest BCUT2D eigenvalue weighted by Gasteiger charge is 2.20. The second-order valence-electron chi connectivity index (χ2n) is 6.20. The maximum Gasteiger partial charge on any atom is 0.363 e. The van der Waals surface area contributed by atoms with Crippen LogP contribution in [0, 0.1) is 0 Å². The van der Waals surface area contributed by atoms with Gasteiger partial charge in [-0.2, -0.15) is 0 Å². The van der Waals surface area contributed by atoms with Gasteiger partial charge >= 0.3 is 11.3 Å². The summed E-state index contributed by atoms with van der Waals surface area (Å²) in [5, 5.41) is 2.78. The summed E-state index contributed by atoms with van der Waals surface area (Å²) in [5.74, 6) is 0. The normalized spacial score (nSPS) is 14.1. The van der Waals surface area contributed by atoms with E-state index in [0.29, 0.717) is 22.4 Å². The van der Waals surface area contributed by atoms with Crippen LogP contribution in [-0.4, -0.2) is 4.98 Å². The molecule has 3 heterocycles. The molecule has 0 atom stereocenters. The van der Waals surface area contributed by atoms with Gasteiger partial charge in [-0.15, -0.1) is 11.3 Å². The van der Waals surface area contributed by atoms with Crippen molar-refractivity contribution in [3.05, 3.63) is 61.6 Å². The molecule has 0 aliphatic heterocycles. The number of thiophene rings is 1. The average molecular weight is 351 g/mol. The highest BCUT2D eigenvalue weighted by molar-refractivity contribution is 7.13. The summed E-state index contributed by atoms with van der Waals surface area (Å²) in [6.45, 7) is 0. The molecule has 124 valence electrons. The minimum absolute atomic E-state index is 0.285. The second kappa shape index (κ2) is 5.39. The largest absolute Gasteiger partial charge is 0.422 e. The molecule has 0 fully saturated rings. The van der Waals surface area contributed by atoms with Crippen molar-refractivity contribution in [3.8, 4) is 10.6 Å². The van der Waals surface area contributed by atoms with E-state index in [1.807, 2.05) is 23.6 Å². The first-order valence-corrected chi connectivity index (χ1v) is 9.06. The van der Waals surface area contributed by atoms with E-state index < -0.39 is 5.63 Å². The molecule has 3 aromatic heterocycles. The molecule has 4 aromatic rings. The van der Waals surface area contributed by atoms with Gasteiger partial charge in [-0.1, -0.05) is 6.07 Å². The Morgan fingerprint density at radius 3 is 2.56 bits per heavy atom. The van der Waals surface area contributed by atoms with Crippen molar-refractivity contribution in [2.75, 3.05) is 0 Å². The zero-order chi connectivity index (χ0) is 17.0. The lowest BCUT2D eigenvalue weighted by atomic mass is 9.90. The molecule has 1 aliphatic rings. The van der Waals surface area contributed by atoms with Gasteiger partial charge in [-0.05, 0) is 48.8 Å². The fourth-order valence-electron chi connectivity index (χ4n) is 3.51. The van der Waals surface area contributed by atoms with Gasteiger partial charge in [0.25, 0.3) is 0 Å². The van der Waals surface area contributed by atoms with Crippen LogP contribution in [0.3, 0.4) is 0 Å². The van der Waals surface area contributed by atoms with E-state index in [2.05, 4.69) is 4.98 Å². The standard InChI is InChI=1S/C19H13NO4S/c21-18-11-5-2-1-4-10(11)12-8-13-15(9-14(12)23-18)24-19(22)17(20-13)16-6-3-7-25-16/h3,6-9H,1-2,4-5H2. The quantitative estimate of drug-likeness (QED) is 0.384. The number of rotatable bonds is 1. The van der Waals surface area contributed by atoms with Crippen LogP contribution in [0.2, 0.25) is 0 Å². The fourth-order valence-corrected chi connectivity index (χ4v) is 4.21. The van der Waals surface area contributed by atoms with Gasteiger partial charge in [0.15, 0.2) is 11.3 Å². The molecule has 0 radical (unpaired) electrons. The van der Waals surface area contributed by atoms with Crippen LogP contribution in [0.1, 0.15) is 24.0 Å². The van der Waals surface area contributed by atoms with E-state index in [1.54, 1.807) is 6.07 Å². The summed E-state index contributed by atoms with van der Waals surface area (Å²) in [6, 6.07) is 7.19. The molecule has 1 aromatic carbocycles. The summed E-state index contributed by atoms with van der Waals surface area (Å²) in [4.78, 5) is 29.8. The third-order valence-corrected chi connectivity index (χ3v) is 5.56. The van der Waals surface area contributed by atoms with E-state index >= 15 is 0 Å². The second-order valence-corrected chi connectivity index (χ2v) is 7.14. The molecule has 6 heteroatoms. The van der Waals surface area contributed by atoms with E-state index in [1.165, 1.54) is 11.3 Å². The third-order valence-electron chi connectivity index (χ3n) is 4.69. The summed E-state index contributed by atoms with van der Waals surface area (Å²) in [5.41, 5.74) is 2.73. The van der Waals surface area contributed by atoms with Gasteiger partial charge in [0.1, 0.15) is 11.1 Å². The molecule has 25 heavy (non-hydrogen) atoms. The van der Waals surface area contributed by atoms with E-state index in [9.17, 15) is 9.59 Å². The maximum absolute atomic E-state index is 12.3. The number of fused-ring (bicyclic) bond motifs is 4. The van der Waals surface area contributed by atoms with Gasteiger partial charge in [0.05, 0.1) is 4.88 Å². The molecular weight excluding hydrogens is 338 g/mol. The molecule has 5 nitrogen and oxygen atoms in total. The SMILES string of the molecule is O=c1oc2cc3oc(=O)c4c(c3cc2nc1-c1cccs1)CCCC4. The zero-order valence-electron chi connectivity index (χ0n) is 13.2. The van der Waals surface area contributed by atoms with Crippen LogP contribution < -0.4 is 11.3 Å². The fraction of sp³-hybridized carbons (Fsp3) is 0.211. The molecule has 5 rings (SSSR count). The zero-order valence-corrected chi connectivity index (χ0v) is 14.0. The molecule has 1 aliphatic carbocycles. The van der Waals surface area contributed by atoms with Crippen LogP contribution in [0.4, 0.5) is 0 Å². The lowest BCUT2D eigenvalue weighted by Crippen LogP contribution is -2.15. The Bertz CT molecular complexity index is 1230. The van der Waals surface area contributed by atoms with E-state index in [0.717, 1.165) is 47.1 Å². The number of hydrogen-bond acceptors (Lipinski definition) is 6. The van der Waals surface area contributed by atoms with Crippen molar-refractivity contribution < 1.29 is 8.83 Å². The molecule has 0 saturated carbocycles. The van der Waals surface area contributed by atoms with Crippen LogP contribution in [-0.2, 0) is 12.8 Å². The van der Waals surface area contributed by atoms with E-state index in [4.69, 9.17) is 8.83 Å². The first-order valence-electron chi connectivity index (χ1n) is 8.18. The summed E-state index contributed by atoms with van der Waals surface area (Å²) in [6.07, 6.45) is 3.68. The Morgan fingerprint density at radius 1 is 0.960 bits per heavy atom. The van der Waals surface area contributed by atoms with Crippen molar-refractivity contribution in [2.24, 2.45) is 0 Å². The van der Waals surface area contributed by atoms with E-state index in [-0.39, 0.29) is 5.63 Å². The predicted octanol–water partition coefficient (Wildman–Crippen LogP) is 3.90. The molecule has 0 amide bonds. The van der Waals surface area contributed by atoms with Crippen molar-refractivity contribution >= 4 is 33.4 Å². The average Bonchev–Trinajstić information content (AvgIpc) is 3.15. The predicted molar refractivity (Wildman–Crippen MR) is 96.3 cm³/mol. The number of aryl methyl sites for hydroxylation is 1. The van der Waals surface area contributed by atoms with Crippen molar-refractivity contribution in [1.29, 1.82) is 0 Å². The molecule has 0 N–H and O–H groups in total. The van der Waals surface area contributed by atoms with Crippen molar-refractivity contribution in [3.63, 3.8) is 0 Å². The molecule has 0 spiro atoms. The number of hydrogen-bond donors (Lipinski definition) is 0. The highest BCUT2D eigenvalue weighted by atomic mass is 32.1. The summed E-state index contributed by atoms with van der Waals surface area (Å²) >= 11 is 1.44. The summed E-state index contributed by atoms with van der Waals surface area (Å²) < 4.78 is 10.9. The van der Waals surface area contributed by atoms with Crippen LogP contribution >= 0.6 is 11.3 Å². The molecule has 0 saturated heterocycles. The monoisotopic (exact) mass is 351 g/mol. The Morgan fingerprint density at radius 2 is 1.76 bits per heavy atom. The summed E-state index contributed by atoms with van der Waals surface area (Å²) in [7, 11) is 0. The first kappa shape index (κ1) is 14.6. The molecule has 0 bridgehead atoms. The number of aromatic nitrogens is 1. The number of benzene rings is 1. The smallest absolute Gasteiger partial charge is 0.363 e. The minimum Gasteiger partial charge on any atom is -0.422 e. The van der Waals surface area contributed by atoms with Gasteiger partial charge in [-0.3, -0.25) is 0 Å². The van der Waals surface area contributed by atoms with Gasteiger partial charge in [0, 0.05) is 17.0 Å². The Balaban J connectivity index is 1.85. The van der Waals surface area contributed by atoms with Crippen LogP contribution in [0.15, 0.2) is 48.1 Å². The van der Waals surface area contributed by atoms with Crippen molar-refractivity contribution in [2.45, 2.75) is 25.7 Å². The van der Waals surface area contributed by atoms with Gasteiger partial charge in [-0.25, -0.2) is 14.6 Å². The first-order chi connectivity index (χ1) is 12.2.